The first-order valence-corrected chi connectivity index (χ1v) is 8.86. The Morgan fingerprint density at radius 2 is 1.92 bits per heavy atom. The zero-order chi connectivity index (χ0) is 16.6. The summed E-state index contributed by atoms with van der Waals surface area (Å²) >= 11 is 0. The van der Waals surface area contributed by atoms with Crippen LogP contribution in [0.15, 0.2) is 43.0 Å². The first-order valence-electron chi connectivity index (χ1n) is 8.86. The summed E-state index contributed by atoms with van der Waals surface area (Å²) in [6, 6.07) is 7.80. The van der Waals surface area contributed by atoms with Crippen LogP contribution < -0.4 is 5.32 Å². The quantitative estimate of drug-likeness (QED) is 0.796. The maximum absolute atomic E-state index is 12.2. The average Bonchev–Trinajstić information content (AvgIpc) is 3.13. The van der Waals surface area contributed by atoms with Crippen molar-refractivity contribution in [3.05, 3.63) is 54.1 Å². The van der Waals surface area contributed by atoms with E-state index in [1.165, 1.54) is 32.4 Å². The summed E-state index contributed by atoms with van der Waals surface area (Å²) in [4.78, 5) is 18.7. The SMILES string of the molecule is O=C(NCCCN1CCCCC1)c1ccc(Cn2ccnc2)cc1. The van der Waals surface area contributed by atoms with Crippen molar-refractivity contribution < 1.29 is 4.79 Å². The minimum absolute atomic E-state index is 0.0165. The lowest BCUT2D eigenvalue weighted by molar-refractivity contribution is 0.0951. The molecule has 1 aliphatic rings. The van der Waals surface area contributed by atoms with E-state index in [2.05, 4.69) is 15.2 Å². The van der Waals surface area contributed by atoms with Gasteiger partial charge in [-0.05, 0) is 56.6 Å². The van der Waals surface area contributed by atoms with Gasteiger partial charge in [-0.1, -0.05) is 18.6 Å². The van der Waals surface area contributed by atoms with Crippen LogP contribution in [0.25, 0.3) is 0 Å². The normalized spacial score (nSPS) is 15.3. The second kappa shape index (κ2) is 8.64. The lowest BCUT2D eigenvalue weighted by atomic mass is 10.1. The number of nitrogens with zero attached hydrogens (tertiary/aromatic N) is 3. The van der Waals surface area contributed by atoms with Crippen molar-refractivity contribution in [3.8, 4) is 0 Å². The Morgan fingerprint density at radius 3 is 2.62 bits per heavy atom. The van der Waals surface area contributed by atoms with Gasteiger partial charge in [0.05, 0.1) is 6.33 Å². The third-order valence-electron chi connectivity index (χ3n) is 4.53. The molecule has 0 aliphatic carbocycles. The van der Waals surface area contributed by atoms with E-state index in [1.807, 2.05) is 35.0 Å². The molecule has 0 atom stereocenters. The molecule has 0 bridgehead atoms. The van der Waals surface area contributed by atoms with E-state index in [0.29, 0.717) is 0 Å². The maximum atomic E-state index is 12.2. The molecule has 3 rings (SSSR count). The lowest BCUT2D eigenvalue weighted by Gasteiger charge is -2.26. The van der Waals surface area contributed by atoms with Gasteiger partial charge in [-0.2, -0.15) is 0 Å². The van der Waals surface area contributed by atoms with Crippen molar-refractivity contribution in [1.29, 1.82) is 0 Å². The predicted octanol–water partition coefficient (Wildman–Crippen LogP) is 2.54. The highest BCUT2D eigenvalue weighted by molar-refractivity contribution is 5.94. The van der Waals surface area contributed by atoms with Crippen LogP contribution in [0.4, 0.5) is 0 Å². The number of likely N-dealkylation sites (tertiary alicyclic amines) is 1. The molecule has 5 nitrogen and oxygen atoms in total. The summed E-state index contributed by atoms with van der Waals surface area (Å²) in [5.74, 6) is 0.0165. The van der Waals surface area contributed by atoms with Gasteiger partial charge in [0.2, 0.25) is 0 Å². The van der Waals surface area contributed by atoms with Crippen LogP contribution in [-0.4, -0.2) is 46.5 Å². The van der Waals surface area contributed by atoms with Crippen LogP contribution in [0.1, 0.15) is 41.6 Å². The smallest absolute Gasteiger partial charge is 0.251 e. The van der Waals surface area contributed by atoms with Gasteiger partial charge >= 0.3 is 0 Å². The third-order valence-corrected chi connectivity index (χ3v) is 4.53. The number of rotatable bonds is 7. The van der Waals surface area contributed by atoms with Crippen LogP contribution in [0.2, 0.25) is 0 Å². The number of hydrogen-bond donors (Lipinski definition) is 1. The first-order chi connectivity index (χ1) is 11.8. The van der Waals surface area contributed by atoms with Crippen LogP contribution >= 0.6 is 0 Å². The topological polar surface area (TPSA) is 50.2 Å². The van der Waals surface area contributed by atoms with E-state index in [9.17, 15) is 4.79 Å². The van der Waals surface area contributed by atoms with Gasteiger partial charge in [0, 0.05) is 31.0 Å². The van der Waals surface area contributed by atoms with E-state index in [4.69, 9.17) is 0 Å². The Hall–Kier alpha value is -2.14. The fourth-order valence-corrected chi connectivity index (χ4v) is 3.14. The Labute approximate surface area is 143 Å². The number of benzene rings is 1. The van der Waals surface area contributed by atoms with Gasteiger partial charge in [0.15, 0.2) is 0 Å². The Bertz CT molecular complexity index is 615. The molecule has 1 aromatic heterocycles. The molecule has 0 unspecified atom stereocenters. The summed E-state index contributed by atoms with van der Waals surface area (Å²) in [6.45, 7) is 5.03. The summed E-state index contributed by atoms with van der Waals surface area (Å²) in [5.41, 5.74) is 1.89. The standard InChI is InChI=1S/C19H26N4O/c24-19(21-9-4-13-22-11-2-1-3-12-22)18-7-5-17(6-8-18)15-23-14-10-20-16-23/h5-8,10,14,16H,1-4,9,11-13,15H2,(H,21,24). The monoisotopic (exact) mass is 326 g/mol. The molecule has 0 radical (unpaired) electrons. The number of imidazole rings is 1. The highest BCUT2D eigenvalue weighted by Crippen LogP contribution is 2.09. The highest BCUT2D eigenvalue weighted by atomic mass is 16.1. The number of nitrogens with one attached hydrogen (secondary N) is 1. The molecule has 2 aromatic rings. The largest absolute Gasteiger partial charge is 0.352 e. The second-order valence-electron chi connectivity index (χ2n) is 6.44. The molecule has 1 amide bonds. The summed E-state index contributed by atoms with van der Waals surface area (Å²) in [6.07, 6.45) is 10.5. The Balaban J connectivity index is 1.39. The first kappa shape index (κ1) is 16.7. The lowest BCUT2D eigenvalue weighted by Crippen LogP contribution is -2.33. The summed E-state index contributed by atoms with van der Waals surface area (Å²) in [5, 5.41) is 3.02. The molecule has 1 N–H and O–H groups in total. The number of piperidine rings is 1. The molecular weight excluding hydrogens is 300 g/mol. The van der Waals surface area contributed by atoms with Crippen LogP contribution in [0, 0.1) is 0 Å². The van der Waals surface area contributed by atoms with Crippen molar-refractivity contribution in [2.24, 2.45) is 0 Å². The van der Waals surface area contributed by atoms with E-state index in [-0.39, 0.29) is 5.91 Å². The molecular formula is C19H26N4O. The van der Waals surface area contributed by atoms with Crippen molar-refractivity contribution in [2.45, 2.75) is 32.2 Å². The molecule has 5 heteroatoms. The molecule has 1 aliphatic heterocycles. The molecule has 24 heavy (non-hydrogen) atoms. The fraction of sp³-hybridized carbons (Fsp3) is 0.474. The molecule has 128 valence electrons. The van der Waals surface area contributed by atoms with Crippen LogP contribution in [-0.2, 0) is 6.54 Å². The minimum Gasteiger partial charge on any atom is -0.352 e. The van der Waals surface area contributed by atoms with Crippen molar-refractivity contribution in [2.75, 3.05) is 26.2 Å². The molecule has 0 saturated carbocycles. The van der Waals surface area contributed by atoms with Crippen LogP contribution in [0.3, 0.4) is 0 Å². The van der Waals surface area contributed by atoms with Crippen LogP contribution in [0.5, 0.6) is 0 Å². The van der Waals surface area contributed by atoms with Crippen molar-refractivity contribution in [3.63, 3.8) is 0 Å². The summed E-state index contributed by atoms with van der Waals surface area (Å²) in [7, 11) is 0. The second-order valence-corrected chi connectivity index (χ2v) is 6.44. The van der Waals surface area contributed by atoms with E-state index in [0.717, 1.165) is 37.2 Å². The Kier molecular flexibility index (Phi) is 6.01. The fourth-order valence-electron chi connectivity index (χ4n) is 3.14. The number of amides is 1. The molecule has 1 aromatic carbocycles. The predicted molar refractivity (Wildman–Crippen MR) is 95.0 cm³/mol. The number of carbonyl (C=O) groups excluding carboxylic acids is 1. The number of carbonyl (C=O) groups is 1. The number of aromatic nitrogens is 2. The van der Waals surface area contributed by atoms with Crippen molar-refractivity contribution >= 4 is 5.91 Å². The Morgan fingerprint density at radius 1 is 1.12 bits per heavy atom. The van der Waals surface area contributed by atoms with E-state index >= 15 is 0 Å². The summed E-state index contributed by atoms with van der Waals surface area (Å²) < 4.78 is 2.01. The molecule has 2 heterocycles. The van der Waals surface area contributed by atoms with Gasteiger partial charge < -0.3 is 14.8 Å². The van der Waals surface area contributed by atoms with E-state index < -0.39 is 0 Å². The molecule has 1 fully saturated rings. The van der Waals surface area contributed by atoms with Gasteiger partial charge in [-0.3, -0.25) is 4.79 Å². The zero-order valence-corrected chi connectivity index (χ0v) is 14.2. The highest BCUT2D eigenvalue weighted by Gasteiger charge is 2.10. The van der Waals surface area contributed by atoms with Gasteiger partial charge in [-0.25, -0.2) is 4.98 Å². The number of hydrogen-bond acceptors (Lipinski definition) is 3. The molecule has 1 saturated heterocycles. The minimum atomic E-state index is 0.0165. The zero-order valence-electron chi connectivity index (χ0n) is 14.2. The van der Waals surface area contributed by atoms with Gasteiger partial charge in [-0.15, -0.1) is 0 Å². The molecule has 0 spiro atoms. The van der Waals surface area contributed by atoms with Crippen molar-refractivity contribution in [1.82, 2.24) is 19.8 Å². The third kappa shape index (κ3) is 4.93. The maximum Gasteiger partial charge on any atom is 0.251 e. The van der Waals surface area contributed by atoms with E-state index in [1.54, 1.807) is 12.5 Å². The average molecular weight is 326 g/mol. The van der Waals surface area contributed by atoms with Gasteiger partial charge in [0.25, 0.3) is 5.91 Å². The van der Waals surface area contributed by atoms with Gasteiger partial charge in [0.1, 0.15) is 0 Å².